The molecule has 0 saturated heterocycles. The van der Waals surface area contributed by atoms with E-state index >= 15 is 0 Å². The molecule has 166 valence electrons. The maximum atomic E-state index is 12.3. The molecule has 9 nitrogen and oxygen atoms in total. The molecule has 1 aliphatic carbocycles. The lowest BCUT2D eigenvalue weighted by atomic mass is 9.86. The van der Waals surface area contributed by atoms with Crippen LogP contribution in [0.25, 0.3) is 12.2 Å². The molecule has 9 heteroatoms. The van der Waals surface area contributed by atoms with Crippen molar-refractivity contribution in [1.29, 1.82) is 0 Å². The highest BCUT2D eigenvalue weighted by Crippen LogP contribution is 2.30. The zero-order chi connectivity index (χ0) is 22.4. The van der Waals surface area contributed by atoms with E-state index in [4.69, 9.17) is 14.0 Å². The van der Waals surface area contributed by atoms with Gasteiger partial charge in [0.05, 0.1) is 12.0 Å². The molecule has 1 fully saturated rings. The van der Waals surface area contributed by atoms with E-state index in [0.717, 1.165) is 19.3 Å². The predicted molar refractivity (Wildman–Crippen MR) is 115 cm³/mol. The van der Waals surface area contributed by atoms with Gasteiger partial charge in [-0.25, -0.2) is 0 Å². The van der Waals surface area contributed by atoms with Gasteiger partial charge < -0.3 is 19.3 Å². The van der Waals surface area contributed by atoms with Gasteiger partial charge in [-0.2, -0.15) is 0 Å². The topological polar surface area (TPSA) is 117 Å². The zero-order valence-corrected chi connectivity index (χ0v) is 17.9. The summed E-state index contributed by atoms with van der Waals surface area (Å²) in [6.07, 6.45) is 7.61. The maximum absolute atomic E-state index is 12.3. The first kappa shape index (κ1) is 22.3. The Morgan fingerprint density at radius 1 is 1.32 bits per heavy atom. The Bertz CT molecular complexity index is 968. The largest absolute Gasteiger partial charge is 0.493 e. The lowest BCUT2D eigenvalue weighted by molar-refractivity contribution is -0.386. The Morgan fingerprint density at radius 3 is 2.81 bits per heavy atom. The van der Waals surface area contributed by atoms with E-state index < -0.39 is 4.92 Å². The zero-order valence-electron chi connectivity index (χ0n) is 17.9. The van der Waals surface area contributed by atoms with Crippen molar-refractivity contribution in [3.05, 3.63) is 45.3 Å². The molecule has 1 heterocycles. The number of carbonyl (C=O) groups excluding carboxylic acids is 1. The lowest BCUT2D eigenvalue weighted by Crippen LogP contribution is -2.43. The highest BCUT2D eigenvalue weighted by molar-refractivity contribution is 5.78. The number of rotatable bonds is 8. The van der Waals surface area contributed by atoms with Gasteiger partial charge in [0.1, 0.15) is 0 Å². The third-order valence-electron chi connectivity index (χ3n) is 5.47. The Balaban J connectivity index is 1.63. The van der Waals surface area contributed by atoms with Crippen molar-refractivity contribution in [2.45, 2.75) is 45.6 Å². The Labute approximate surface area is 180 Å². The van der Waals surface area contributed by atoms with E-state index in [0.29, 0.717) is 23.0 Å². The number of aryl methyl sites for hydroxylation is 1. The van der Waals surface area contributed by atoms with Crippen LogP contribution >= 0.6 is 0 Å². The van der Waals surface area contributed by atoms with Gasteiger partial charge >= 0.3 is 5.69 Å². The van der Waals surface area contributed by atoms with Crippen LogP contribution in [-0.2, 0) is 4.79 Å². The Kier molecular flexibility index (Phi) is 7.28. The van der Waals surface area contributed by atoms with Crippen molar-refractivity contribution < 1.29 is 23.7 Å². The van der Waals surface area contributed by atoms with E-state index in [1.807, 2.05) is 0 Å². The predicted octanol–water partition coefficient (Wildman–Crippen LogP) is 4.14. The molecule has 1 N–H and O–H groups in total. The fraction of sp³-hybridized carbons (Fsp3) is 0.455. The smallest absolute Gasteiger partial charge is 0.338 e. The number of nitro groups is 1. The quantitative estimate of drug-likeness (QED) is 0.495. The van der Waals surface area contributed by atoms with Crippen LogP contribution in [0.15, 0.2) is 22.7 Å². The molecular formula is C22H27N3O6. The molecule has 3 rings (SSSR count). The number of nitrogens with zero attached hydrogens (tertiary/aromatic N) is 2. The number of methoxy groups -OCH3 is 1. The number of carbonyl (C=O) groups is 1. The van der Waals surface area contributed by atoms with E-state index in [-0.39, 0.29) is 35.7 Å². The molecule has 0 radical (unpaired) electrons. The summed E-state index contributed by atoms with van der Waals surface area (Å²) in [4.78, 5) is 22.9. The maximum Gasteiger partial charge on any atom is 0.338 e. The summed E-state index contributed by atoms with van der Waals surface area (Å²) in [6, 6.07) is 5.35. The van der Waals surface area contributed by atoms with Crippen molar-refractivity contribution >= 4 is 23.7 Å². The van der Waals surface area contributed by atoms with Crippen LogP contribution in [0.4, 0.5) is 5.69 Å². The first-order valence-corrected chi connectivity index (χ1v) is 10.3. The third kappa shape index (κ3) is 5.62. The number of nitrogens with one attached hydrogen (secondary N) is 1. The molecule has 1 amide bonds. The van der Waals surface area contributed by atoms with Crippen molar-refractivity contribution in [3.63, 3.8) is 0 Å². The number of amides is 1. The molecule has 0 unspecified atom stereocenters. The normalized spacial score (nSPS) is 18.7. The summed E-state index contributed by atoms with van der Waals surface area (Å²) in [5, 5.41) is 17.8. The van der Waals surface area contributed by atoms with Crippen LogP contribution in [0.1, 0.15) is 49.6 Å². The summed E-state index contributed by atoms with van der Waals surface area (Å²) < 4.78 is 16.0. The summed E-state index contributed by atoms with van der Waals surface area (Å²) in [5.74, 6) is 1.27. The third-order valence-corrected chi connectivity index (χ3v) is 5.47. The van der Waals surface area contributed by atoms with Crippen LogP contribution in [0.3, 0.4) is 0 Å². The molecule has 31 heavy (non-hydrogen) atoms. The van der Waals surface area contributed by atoms with Gasteiger partial charge in [0.25, 0.3) is 5.91 Å². The second kappa shape index (κ2) is 10.1. The molecular weight excluding hydrogens is 402 g/mol. The van der Waals surface area contributed by atoms with Gasteiger partial charge in [-0.15, -0.1) is 0 Å². The molecule has 1 aromatic heterocycles. The van der Waals surface area contributed by atoms with E-state index in [1.54, 1.807) is 24.3 Å². The fourth-order valence-electron chi connectivity index (χ4n) is 3.72. The number of ether oxygens (including phenoxy) is 2. The highest BCUT2D eigenvalue weighted by Gasteiger charge is 2.23. The molecule has 2 atom stereocenters. The molecule has 1 aromatic carbocycles. The SMILES string of the molecule is COc1cc(/C=C/c2onc(C)c2[N+](=O)[O-])ccc1OCC(=O)N[C@H]1CCCC[C@@H]1C. The number of hydrogen-bond donors (Lipinski definition) is 1. The van der Waals surface area contributed by atoms with Crippen LogP contribution < -0.4 is 14.8 Å². The molecule has 1 aliphatic rings. The summed E-state index contributed by atoms with van der Waals surface area (Å²) in [7, 11) is 1.50. The average molecular weight is 429 g/mol. The van der Waals surface area contributed by atoms with Crippen molar-refractivity contribution in [1.82, 2.24) is 10.5 Å². The van der Waals surface area contributed by atoms with Crippen molar-refractivity contribution in [2.24, 2.45) is 5.92 Å². The van der Waals surface area contributed by atoms with Crippen LogP contribution in [0.5, 0.6) is 11.5 Å². The molecule has 0 aliphatic heterocycles. The minimum atomic E-state index is -0.526. The van der Waals surface area contributed by atoms with Gasteiger partial charge in [0, 0.05) is 6.04 Å². The fourth-order valence-corrected chi connectivity index (χ4v) is 3.72. The lowest BCUT2D eigenvalue weighted by Gasteiger charge is -2.29. The van der Waals surface area contributed by atoms with E-state index in [1.165, 1.54) is 26.5 Å². The summed E-state index contributed by atoms with van der Waals surface area (Å²) in [5.41, 5.74) is 0.765. The summed E-state index contributed by atoms with van der Waals surface area (Å²) in [6.45, 7) is 3.58. The van der Waals surface area contributed by atoms with Crippen LogP contribution in [0.2, 0.25) is 0 Å². The molecule has 0 bridgehead atoms. The highest BCUT2D eigenvalue weighted by atomic mass is 16.6. The van der Waals surface area contributed by atoms with Gasteiger partial charge in [0.15, 0.2) is 23.8 Å². The Morgan fingerprint density at radius 2 is 2.10 bits per heavy atom. The van der Waals surface area contributed by atoms with Gasteiger partial charge in [0.2, 0.25) is 5.76 Å². The molecule has 1 saturated carbocycles. The van der Waals surface area contributed by atoms with Crippen LogP contribution in [0, 0.1) is 23.0 Å². The molecule has 2 aromatic rings. The number of aromatic nitrogens is 1. The number of hydrogen-bond acceptors (Lipinski definition) is 7. The van der Waals surface area contributed by atoms with Crippen molar-refractivity contribution in [2.75, 3.05) is 13.7 Å². The molecule has 0 spiro atoms. The first-order valence-electron chi connectivity index (χ1n) is 10.3. The summed E-state index contributed by atoms with van der Waals surface area (Å²) >= 11 is 0. The van der Waals surface area contributed by atoms with E-state index in [2.05, 4.69) is 17.4 Å². The monoisotopic (exact) mass is 429 g/mol. The number of benzene rings is 1. The van der Waals surface area contributed by atoms with Gasteiger partial charge in [-0.05, 0) is 49.5 Å². The minimum absolute atomic E-state index is 0.0652. The second-order valence-corrected chi connectivity index (χ2v) is 7.71. The van der Waals surface area contributed by atoms with E-state index in [9.17, 15) is 14.9 Å². The minimum Gasteiger partial charge on any atom is -0.493 e. The van der Waals surface area contributed by atoms with Crippen LogP contribution in [-0.4, -0.2) is 35.7 Å². The standard InChI is InChI=1S/C22H27N3O6/c1-14-6-4-5-7-17(14)23-21(26)13-30-18-10-8-16(12-20(18)29-3)9-11-19-22(25(27)28)15(2)24-31-19/h8-12,14,17H,4-7,13H2,1-3H3,(H,23,26)/b11-9+/t14-,17-/m0/s1. The van der Waals surface area contributed by atoms with Gasteiger partial charge in [-0.1, -0.05) is 37.1 Å². The average Bonchev–Trinajstić information content (AvgIpc) is 3.13. The second-order valence-electron chi connectivity index (χ2n) is 7.71. The Hall–Kier alpha value is -3.36. The van der Waals surface area contributed by atoms with Gasteiger partial charge in [-0.3, -0.25) is 14.9 Å². The first-order chi connectivity index (χ1) is 14.9. The van der Waals surface area contributed by atoms with Crippen molar-refractivity contribution in [3.8, 4) is 11.5 Å².